The average Bonchev–Trinajstić information content (AvgIpc) is 2.38. The summed E-state index contributed by atoms with van der Waals surface area (Å²) < 4.78 is 13.4. The van der Waals surface area contributed by atoms with Gasteiger partial charge in [-0.25, -0.2) is 9.18 Å². The van der Waals surface area contributed by atoms with Gasteiger partial charge in [0.05, 0.1) is 0 Å². The molecule has 104 valence electrons. The number of carboxylic acids is 2. The van der Waals surface area contributed by atoms with E-state index >= 15 is 0 Å². The van der Waals surface area contributed by atoms with Crippen LogP contribution in [0.2, 0.25) is 0 Å². The molecule has 0 spiro atoms. The minimum atomic E-state index is -1.58. The quantitative estimate of drug-likeness (QED) is 0.888. The summed E-state index contributed by atoms with van der Waals surface area (Å²) in [4.78, 5) is 23.0. The van der Waals surface area contributed by atoms with Crippen LogP contribution in [0.1, 0.15) is 12.5 Å². The van der Waals surface area contributed by atoms with Crippen molar-refractivity contribution in [3.8, 4) is 0 Å². The van der Waals surface area contributed by atoms with Crippen LogP contribution >= 0.6 is 0 Å². The number of halogens is 1. The van der Waals surface area contributed by atoms with E-state index in [4.69, 9.17) is 5.11 Å². The fourth-order valence-electron chi connectivity index (χ4n) is 2.57. The van der Waals surface area contributed by atoms with Crippen LogP contribution in [0.3, 0.4) is 0 Å². The monoisotopic (exact) mass is 276 g/mol. The Labute approximate surface area is 114 Å². The molecule has 0 bridgehead atoms. The van der Waals surface area contributed by atoms with E-state index in [-0.39, 0.29) is 11.1 Å². The van der Waals surface area contributed by atoms with Gasteiger partial charge in [0.15, 0.2) is 0 Å². The molecule has 2 atom stereocenters. The van der Waals surface area contributed by atoms with E-state index in [0.717, 1.165) is 6.07 Å². The molecule has 0 fully saturated rings. The van der Waals surface area contributed by atoms with Gasteiger partial charge in [-0.05, 0) is 17.7 Å². The Hall–Kier alpha value is -2.43. The number of rotatable bonds is 3. The molecule has 4 nitrogen and oxygen atoms in total. The summed E-state index contributed by atoms with van der Waals surface area (Å²) in [6, 6.07) is 5.24. The van der Waals surface area contributed by atoms with Crippen molar-refractivity contribution in [1.29, 1.82) is 0 Å². The van der Waals surface area contributed by atoms with E-state index in [0.29, 0.717) is 0 Å². The van der Waals surface area contributed by atoms with Gasteiger partial charge >= 0.3 is 11.9 Å². The van der Waals surface area contributed by atoms with Gasteiger partial charge in [-0.3, -0.25) is 4.79 Å². The first-order valence-electron chi connectivity index (χ1n) is 6.01. The molecule has 0 radical (unpaired) electrons. The van der Waals surface area contributed by atoms with Crippen molar-refractivity contribution in [1.82, 2.24) is 0 Å². The molecule has 1 aliphatic rings. The van der Waals surface area contributed by atoms with Gasteiger partial charge in [0.1, 0.15) is 11.2 Å². The van der Waals surface area contributed by atoms with E-state index in [2.05, 4.69) is 0 Å². The number of allylic oxidation sites excluding steroid dienone is 2. The summed E-state index contributed by atoms with van der Waals surface area (Å²) in [6.07, 6.45) is 4.16. The smallest absolute Gasteiger partial charge is 0.331 e. The molecule has 2 N–H and O–H groups in total. The summed E-state index contributed by atoms with van der Waals surface area (Å²) in [5.41, 5.74) is -1.37. The summed E-state index contributed by atoms with van der Waals surface area (Å²) in [7, 11) is 0. The number of carbonyl (C=O) groups is 2. The lowest BCUT2D eigenvalue weighted by atomic mass is 9.66. The third-order valence-corrected chi connectivity index (χ3v) is 3.69. The molecule has 1 aromatic rings. The Kier molecular flexibility index (Phi) is 3.44. The minimum absolute atomic E-state index is 0.0147. The van der Waals surface area contributed by atoms with Crippen LogP contribution < -0.4 is 0 Å². The van der Waals surface area contributed by atoms with E-state index in [1.807, 2.05) is 0 Å². The van der Waals surface area contributed by atoms with Crippen LogP contribution in [-0.2, 0) is 15.0 Å². The average molecular weight is 276 g/mol. The van der Waals surface area contributed by atoms with Crippen molar-refractivity contribution >= 4 is 11.9 Å². The first kappa shape index (κ1) is 14.0. The van der Waals surface area contributed by atoms with Gasteiger partial charge in [0, 0.05) is 11.5 Å². The Bertz CT molecular complexity index is 633. The molecule has 0 heterocycles. The van der Waals surface area contributed by atoms with Crippen molar-refractivity contribution in [2.75, 3.05) is 0 Å². The predicted octanol–water partition coefficient (Wildman–Crippen LogP) is 2.37. The van der Waals surface area contributed by atoms with Crippen LogP contribution in [0.25, 0.3) is 0 Å². The molecule has 20 heavy (non-hydrogen) atoms. The lowest BCUT2D eigenvalue weighted by Gasteiger charge is -2.35. The zero-order valence-electron chi connectivity index (χ0n) is 10.7. The molecule has 5 heteroatoms. The van der Waals surface area contributed by atoms with Crippen LogP contribution in [0.15, 0.2) is 48.1 Å². The first-order chi connectivity index (χ1) is 9.39. The molecule has 0 amide bonds. The molecule has 0 saturated carbocycles. The summed E-state index contributed by atoms with van der Waals surface area (Å²) in [5.74, 6) is -3.76. The van der Waals surface area contributed by atoms with Crippen LogP contribution in [0.4, 0.5) is 4.39 Å². The Morgan fingerprint density at radius 2 is 2.00 bits per heavy atom. The van der Waals surface area contributed by atoms with Crippen LogP contribution in [0, 0.1) is 11.7 Å². The summed E-state index contributed by atoms with van der Waals surface area (Å²) >= 11 is 0. The van der Waals surface area contributed by atoms with Gasteiger partial charge < -0.3 is 10.2 Å². The summed E-state index contributed by atoms with van der Waals surface area (Å²) in [5, 5.41) is 18.8. The first-order valence-corrected chi connectivity index (χ1v) is 6.01. The molecule has 2 unspecified atom stereocenters. The van der Waals surface area contributed by atoms with Gasteiger partial charge in [0.25, 0.3) is 0 Å². The van der Waals surface area contributed by atoms with Crippen molar-refractivity contribution < 1.29 is 24.2 Å². The molecule has 0 aliphatic heterocycles. The molecule has 1 aliphatic carbocycles. The number of hydrogen-bond donors (Lipinski definition) is 2. The van der Waals surface area contributed by atoms with Crippen molar-refractivity contribution in [2.24, 2.45) is 5.92 Å². The maximum Gasteiger partial charge on any atom is 0.331 e. The Balaban J connectivity index is 2.64. The second kappa shape index (κ2) is 4.92. The molecular weight excluding hydrogens is 263 g/mol. The molecular formula is C15H13FO4. The summed E-state index contributed by atoms with van der Waals surface area (Å²) in [6.45, 7) is 1.52. The SMILES string of the molecule is CC1C(C(=O)O)=CC=CC1(C(=O)O)c1cccc(F)c1. The fraction of sp³-hybridized carbons (Fsp3) is 0.200. The highest BCUT2D eigenvalue weighted by Gasteiger charge is 2.47. The van der Waals surface area contributed by atoms with Crippen LogP contribution in [0.5, 0.6) is 0 Å². The molecule has 0 aromatic heterocycles. The Morgan fingerprint density at radius 1 is 1.30 bits per heavy atom. The second-order valence-electron chi connectivity index (χ2n) is 4.69. The van der Waals surface area contributed by atoms with Gasteiger partial charge in [-0.2, -0.15) is 0 Å². The van der Waals surface area contributed by atoms with Gasteiger partial charge in [-0.15, -0.1) is 0 Å². The van der Waals surface area contributed by atoms with Crippen molar-refractivity contribution in [2.45, 2.75) is 12.3 Å². The molecule has 0 saturated heterocycles. The second-order valence-corrected chi connectivity index (χ2v) is 4.69. The lowest BCUT2D eigenvalue weighted by molar-refractivity contribution is -0.143. The zero-order chi connectivity index (χ0) is 14.9. The topological polar surface area (TPSA) is 74.6 Å². The number of carboxylic acid groups (broad SMARTS) is 2. The number of aliphatic carboxylic acids is 2. The number of hydrogen-bond acceptors (Lipinski definition) is 2. The minimum Gasteiger partial charge on any atom is -0.480 e. The lowest BCUT2D eigenvalue weighted by Crippen LogP contribution is -2.43. The van der Waals surface area contributed by atoms with Gasteiger partial charge in [0.2, 0.25) is 0 Å². The van der Waals surface area contributed by atoms with Crippen LogP contribution in [-0.4, -0.2) is 22.2 Å². The largest absolute Gasteiger partial charge is 0.480 e. The predicted molar refractivity (Wildman–Crippen MR) is 69.7 cm³/mol. The Morgan fingerprint density at radius 3 is 2.55 bits per heavy atom. The van der Waals surface area contributed by atoms with E-state index in [1.54, 1.807) is 0 Å². The van der Waals surface area contributed by atoms with Gasteiger partial charge in [-0.1, -0.05) is 37.3 Å². The molecule has 1 aromatic carbocycles. The third-order valence-electron chi connectivity index (χ3n) is 3.69. The van der Waals surface area contributed by atoms with E-state index in [9.17, 15) is 19.1 Å². The normalized spacial score (nSPS) is 25.1. The molecule has 2 rings (SSSR count). The highest BCUT2D eigenvalue weighted by Crippen LogP contribution is 2.41. The maximum atomic E-state index is 13.4. The zero-order valence-corrected chi connectivity index (χ0v) is 10.7. The highest BCUT2D eigenvalue weighted by atomic mass is 19.1. The fourth-order valence-corrected chi connectivity index (χ4v) is 2.57. The standard InChI is InChI=1S/C15H13FO4/c1-9-12(13(17)18)6-3-7-15(9,14(19)20)10-4-2-5-11(16)8-10/h2-9H,1H3,(H,17,18)(H,19,20). The van der Waals surface area contributed by atoms with E-state index in [1.165, 1.54) is 43.4 Å². The van der Waals surface area contributed by atoms with E-state index < -0.39 is 29.1 Å². The highest BCUT2D eigenvalue weighted by molar-refractivity contribution is 5.93. The maximum absolute atomic E-state index is 13.4. The number of benzene rings is 1. The third kappa shape index (κ3) is 2.01. The van der Waals surface area contributed by atoms with Crippen molar-refractivity contribution in [3.63, 3.8) is 0 Å². The van der Waals surface area contributed by atoms with Crippen molar-refractivity contribution in [3.05, 3.63) is 59.4 Å².